The molecule has 2 atom stereocenters. The number of aryl methyl sites for hydroxylation is 1. The number of aromatic nitrogens is 2. The normalized spacial score (nSPS) is 21.0. The van der Waals surface area contributed by atoms with Crippen molar-refractivity contribution >= 4 is 45.3 Å². The lowest BCUT2D eigenvalue weighted by atomic mass is 9.97. The van der Waals surface area contributed by atoms with Gasteiger partial charge in [0.2, 0.25) is 11.8 Å². The minimum absolute atomic E-state index is 0.0386. The van der Waals surface area contributed by atoms with E-state index >= 15 is 0 Å². The zero-order valence-corrected chi connectivity index (χ0v) is 16.1. The van der Waals surface area contributed by atoms with E-state index < -0.39 is 0 Å². The van der Waals surface area contributed by atoms with Gasteiger partial charge in [0.25, 0.3) is 5.24 Å². The van der Waals surface area contributed by atoms with Crippen LogP contribution < -0.4 is 10.1 Å². The highest BCUT2D eigenvalue weighted by Gasteiger charge is 2.41. The van der Waals surface area contributed by atoms with Gasteiger partial charge >= 0.3 is 0 Å². The zero-order chi connectivity index (χ0) is 19.3. The second-order valence-corrected chi connectivity index (χ2v) is 8.24. The number of halogens is 1. The van der Waals surface area contributed by atoms with Crippen molar-refractivity contribution in [2.75, 3.05) is 0 Å². The molecule has 2 amide bonds. The quantitative estimate of drug-likeness (QED) is 0.685. The molecule has 1 saturated heterocycles. The van der Waals surface area contributed by atoms with Gasteiger partial charge in [-0.3, -0.25) is 14.9 Å². The third kappa shape index (κ3) is 2.91. The van der Waals surface area contributed by atoms with Gasteiger partial charge in [0.05, 0.1) is 0 Å². The van der Waals surface area contributed by atoms with Gasteiger partial charge in [-0.15, -0.1) is 10.2 Å². The maximum Gasteiger partial charge on any atom is 0.286 e. The molecule has 2 heterocycles. The van der Waals surface area contributed by atoms with Gasteiger partial charge in [0, 0.05) is 16.7 Å². The average molecular weight is 412 g/mol. The monoisotopic (exact) mass is 411 g/mol. The van der Waals surface area contributed by atoms with Crippen molar-refractivity contribution in [3.8, 4) is 11.6 Å². The number of nitrogens with one attached hydrogen (secondary N) is 1. The van der Waals surface area contributed by atoms with Crippen molar-refractivity contribution in [2.24, 2.45) is 0 Å². The highest BCUT2D eigenvalue weighted by molar-refractivity contribution is 8.15. The maximum absolute atomic E-state index is 12.0. The first-order chi connectivity index (χ1) is 13.6. The Hall–Kier alpha value is -2.64. The van der Waals surface area contributed by atoms with Gasteiger partial charge in [-0.1, -0.05) is 47.6 Å². The molecule has 0 spiro atoms. The molecule has 0 bridgehead atoms. The number of carbonyl (C=O) groups excluding carboxylic acids is 2. The topological polar surface area (TPSA) is 81.2 Å². The number of amides is 2. The Morgan fingerprint density at radius 1 is 1.11 bits per heavy atom. The first-order valence-electron chi connectivity index (χ1n) is 8.83. The van der Waals surface area contributed by atoms with E-state index in [0.717, 1.165) is 46.5 Å². The fraction of sp³-hybridized carbons (Fsp3) is 0.200. The number of thioether (sulfide) groups is 1. The molecule has 1 unspecified atom stereocenters. The summed E-state index contributed by atoms with van der Waals surface area (Å²) in [5.74, 6) is 0.888. The molecule has 6 nitrogen and oxygen atoms in total. The van der Waals surface area contributed by atoms with Crippen LogP contribution in [0.1, 0.15) is 23.5 Å². The van der Waals surface area contributed by atoms with Crippen molar-refractivity contribution in [1.82, 2.24) is 15.5 Å². The summed E-state index contributed by atoms with van der Waals surface area (Å²) >= 11 is 7.20. The molecular formula is C20H14ClN3O3S. The number of ether oxygens (including phenoxy) is 1. The summed E-state index contributed by atoms with van der Waals surface area (Å²) in [5.41, 5.74) is 2.23. The Bertz CT molecular complexity index is 1140. The third-order valence-electron chi connectivity index (χ3n) is 5.14. The highest BCUT2D eigenvalue weighted by atomic mass is 35.5. The van der Waals surface area contributed by atoms with Gasteiger partial charge in [0.1, 0.15) is 11.0 Å². The van der Waals surface area contributed by atoms with E-state index in [9.17, 15) is 9.59 Å². The van der Waals surface area contributed by atoms with Crippen LogP contribution in [0.3, 0.4) is 0 Å². The van der Waals surface area contributed by atoms with Gasteiger partial charge in [-0.05, 0) is 42.2 Å². The highest BCUT2D eigenvalue weighted by Crippen LogP contribution is 2.43. The van der Waals surface area contributed by atoms with E-state index in [-0.39, 0.29) is 22.3 Å². The van der Waals surface area contributed by atoms with Crippen LogP contribution in [0.15, 0.2) is 42.5 Å². The lowest BCUT2D eigenvalue weighted by Gasteiger charge is -2.16. The van der Waals surface area contributed by atoms with Crippen molar-refractivity contribution in [3.05, 3.63) is 58.7 Å². The average Bonchev–Trinajstić information content (AvgIpc) is 3.26. The summed E-state index contributed by atoms with van der Waals surface area (Å²) in [7, 11) is 0. The lowest BCUT2D eigenvalue weighted by Crippen LogP contribution is -2.27. The van der Waals surface area contributed by atoms with Crippen molar-refractivity contribution in [3.63, 3.8) is 0 Å². The molecule has 5 rings (SSSR count). The Balaban J connectivity index is 1.45. The number of hydrogen-bond acceptors (Lipinski definition) is 6. The van der Waals surface area contributed by atoms with Gasteiger partial charge < -0.3 is 4.74 Å². The summed E-state index contributed by atoms with van der Waals surface area (Å²) in [6, 6.07) is 13.4. The van der Waals surface area contributed by atoms with Crippen LogP contribution in [0, 0.1) is 0 Å². The number of carbonyl (C=O) groups is 2. The molecule has 1 N–H and O–H groups in total. The number of fused-ring (bicyclic) bond motifs is 2. The Kier molecular flexibility index (Phi) is 4.21. The van der Waals surface area contributed by atoms with Gasteiger partial charge in [0.15, 0.2) is 5.15 Å². The molecule has 2 aliphatic rings. The fourth-order valence-corrected chi connectivity index (χ4v) is 5.08. The van der Waals surface area contributed by atoms with Crippen LogP contribution in [-0.4, -0.2) is 26.6 Å². The Morgan fingerprint density at radius 3 is 2.71 bits per heavy atom. The number of rotatable bonds is 3. The summed E-state index contributed by atoms with van der Waals surface area (Å²) in [6.45, 7) is 0. The van der Waals surface area contributed by atoms with Crippen molar-refractivity contribution < 1.29 is 14.3 Å². The molecule has 1 aliphatic carbocycles. The third-order valence-corrected chi connectivity index (χ3v) is 6.54. The van der Waals surface area contributed by atoms with Crippen LogP contribution >= 0.6 is 23.4 Å². The molecule has 1 aromatic heterocycles. The molecule has 1 fully saturated rings. The molecule has 2 aromatic carbocycles. The van der Waals surface area contributed by atoms with Gasteiger partial charge in [-0.25, -0.2) is 0 Å². The van der Waals surface area contributed by atoms with E-state index in [0.29, 0.717) is 16.8 Å². The molecule has 0 saturated carbocycles. The van der Waals surface area contributed by atoms with Crippen molar-refractivity contribution in [2.45, 2.75) is 24.0 Å². The van der Waals surface area contributed by atoms with Crippen molar-refractivity contribution in [1.29, 1.82) is 0 Å². The summed E-state index contributed by atoms with van der Waals surface area (Å²) in [5, 5.41) is 11.7. The number of imide groups is 1. The van der Waals surface area contributed by atoms with Crippen LogP contribution in [0.25, 0.3) is 10.8 Å². The summed E-state index contributed by atoms with van der Waals surface area (Å²) in [6.07, 6.45) is 1.67. The van der Waals surface area contributed by atoms with E-state index in [1.165, 1.54) is 0 Å². The van der Waals surface area contributed by atoms with Crippen LogP contribution in [-0.2, 0) is 11.2 Å². The Morgan fingerprint density at radius 2 is 1.93 bits per heavy atom. The largest absolute Gasteiger partial charge is 0.437 e. The minimum atomic E-state index is -0.355. The van der Waals surface area contributed by atoms with Gasteiger partial charge in [-0.2, -0.15) is 0 Å². The fourth-order valence-electron chi connectivity index (χ4n) is 3.87. The molecule has 3 aromatic rings. The molecule has 140 valence electrons. The lowest BCUT2D eigenvalue weighted by molar-refractivity contribution is -0.119. The SMILES string of the molecule is O=C1NC(=O)C([C@@H]2CCc3cc(Oc4nnc(Cl)c5ccccc45)ccc32)S1. The van der Waals surface area contributed by atoms with Crippen LogP contribution in [0.5, 0.6) is 11.6 Å². The van der Waals surface area contributed by atoms with Crippen LogP contribution in [0.4, 0.5) is 4.79 Å². The summed E-state index contributed by atoms with van der Waals surface area (Å²) < 4.78 is 6.00. The molecule has 0 radical (unpaired) electrons. The maximum atomic E-state index is 12.0. The second-order valence-electron chi connectivity index (χ2n) is 6.76. The minimum Gasteiger partial charge on any atom is -0.437 e. The van der Waals surface area contributed by atoms with E-state index in [1.54, 1.807) is 0 Å². The number of nitrogens with zero attached hydrogens (tertiary/aromatic N) is 2. The first-order valence-corrected chi connectivity index (χ1v) is 10.1. The van der Waals surface area contributed by atoms with E-state index in [4.69, 9.17) is 16.3 Å². The number of benzene rings is 2. The van der Waals surface area contributed by atoms with E-state index in [2.05, 4.69) is 15.5 Å². The number of hydrogen-bond donors (Lipinski definition) is 1. The molecule has 8 heteroatoms. The van der Waals surface area contributed by atoms with E-state index in [1.807, 2.05) is 42.5 Å². The Labute approximate surface area is 169 Å². The predicted octanol–water partition coefficient (Wildman–Crippen LogP) is 4.46. The first kappa shape index (κ1) is 17.5. The smallest absolute Gasteiger partial charge is 0.286 e. The second kappa shape index (κ2) is 6.76. The van der Waals surface area contributed by atoms with Crippen LogP contribution in [0.2, 0.25) is 5.15 Å². The summed E-state index contributed by atoms with van der Waals surface area (Å²) in [4.78, 5) is 23.5. The molecule has 1 aliphatic heterocycles. The molecule has 28 heavy (non-hydrogen) atoms. The standard InChI is InChI=1S/C20H14ClN3O3S/c21-17-14-3-1-2-4-15(14)19(24-23-17)27-11-6-8-12-10(9-11)5-7-13(12)16-18(25)22-20(26)28-16/h1-4,6,8-9,13,16H,5,7H2,(H,22,25,26)/t13-,16?/m1/s1. The zero-order valence-electron chi connectivity index (χ0n) is 14.5. The predicted molar refractivity (Wildman–Crippen MR) is 107 cm³/mol. The molecular weight excluding hydrogens is 398 g/mol.